The van der Waals surface area contributed by atoms with Crippen molar-refractivity contribution in [2.24, 2.45) is 0 Å². The van der Waals surface area contributed by atoms with Crippen LogP contribution in [0.3, 0.4) is 0 Å². The first-order valence-corrected chi connectivity index (χ1v) is 11.2. The fraction of sp³-hybridized carbons (Fsp3) is 0.150. The molecule has 2 aromatic carbocycles. The van der Waals surface area contributed by atoms with Crippen molar-refractivity contribution in [3.05, 3.63) is 59.2 Å². The van der Waals surface area contributed by atoms with Crippen molar-refractivity contribution in [2.75, 3.05) is 31.8 Å². The Hall–Kier alpha value is -2.76. The summed E-state index contributed by atoms with van der Waals surface area (Å²) < 4.78 is 7.11. The molecule has 3 rings (SSSR count). The number of methoxy groups -OCH3 is 1. The van der Waals surface area contributed by atoms with E-state index in [1.54, 1.807) is 37.4 Å². The Bertz CT molecular complexity index is 1050. The number of ether oxygens (including phenoxy) is 1. The number of hydrogen-bond acceptors (Lipinski definition) is 6. The molecular formula is C20H21AsClN5O2. The van der Waals surface area contributed by atoms with E-state index in [0.29, 0.717) is 32.4 Å². The van der Waals surface area contributed by atoms with Crippen LogP contribution in [0.1, 0.15) is 10.4 Å². The molecule has 3 aromatic rings. The van der Waals surface area contributed by atoms with Crippen LogP contribution < -0.4 is 29.7 Å². The number of nitrogens with zero attached hydrogens (tertiary/aromatic N) is 3. The Balaban J connectivity index is 1.99. The number of rotatable bonds is 6. The zero-order valence-corrected chi connectivity index (χ0v) is 19.1. The second-order valence-corrected chi connectivity index (χ2v) is 9.11. The van der Waals surface area contributed by atoms with Gasteiger partial charge in [-0.1, -0.05) is 0 Å². The van der Waals surface area contributed by atoms with Gasteiger partial charge in [0.1, 0.15) is 0 Å². The van der Waals surface area contributed by atoms with Crippen molar-refractivity contribution in [1.29, 1.82) is 0 Å². The number of anilines is 3. The first kappa shape index (κ1) is 21.0. The summed E-state index contributed by atoms with van der Waals surface area (Å²) >= 11 is 5.48. The van der Waals surface area contributed by atoms with Gasteiger partial charge in [-0.15, -0.1) is 0 Å². The number of benzene rings is 2. The average molecular weight is 474 g/mol. The van der Waals surface area contributed by atoms with E-state index >= 15 is 0 Å². The molecule has 0 bridgehead atoms. The summed E-state index contributed by atoms with van der Waals surface area (Å²) in [6.45, 7) is 0. The van der Waals surface area contributed by atoms with Crippen LogP contribution >= 0.6 is 11.6 Å². The first-order chi connectivity index (χ1) is 13.9. The van der Waals surface area contributed by atoms with E-state index in [1.807, 2.05) is 37.4 Å². The molecule has 0 saturated heterocycles. The normalized spacial score (nSPS) is 10.9. The molecule has 1 heterocycles. The van der Waals surface area contributed by atoms with E-state index in [0.717, 1.165) is 10.1 Å². The summed E-state index contributed by atoms with van der Waals surface area (Å²) in [5.41, 5.74) is 7.82. The molecule has 0 aliphatic heterocycles. The van der Waals surface area contributed by atoms with Crippen molar-refractivity contribution < 1.29 is 9.53 Å². The first-order valence-electron chi connectivity index (χ1n) is 8.72. The molecule has 1 unspecified atom stereocenters. The number of hydrogen-bond donors (Lipinski definition) is 2. The zero-order chi connectivity index (χ0) is 21.0. The van der Waals surface area contributed by atoms with E-state index in [2.05, 4.69) is 15.3 Å². The summed E-state index contributed by atoms with van der Waals surface area (Å²) in [4.78, 5) is 23.1. The Morgan fingerprint density at radius 2 is 2.03 bits per heavy atom. The molecule has 1 aromatic heterocycles. The molecule has 0 aliphatic rings. The van der Waals surface area contributed by atoms with Crippen LogP contribution in [0, 0.1) is 0 Å². The summed E-state index contributed by atoms with van der Waals surface area (Å²) in [5, 5.41) is 3.05. The number of nitrogens with one attached hydrogen (secondary N) is 1. The fourth-order valence-electron chi connectivity index (χ4n) is 2.80. The fourth-order valence-corrected chi connectivity index (χ4v) is 5.29. The number of aromatic nitrogens is 2. The van der Waals surface area contributed by atoms with Crippen molar-refractivity contribution in [2.45, 2.75) is 0 Å². The molecule has 0 fully saturated rings. The van der Waals surface area contributed by atoms with Crippen molar-refractivity contribution in [1.82, 2.24) is 15.3 Å². The third kappa shape index (κ3) is 4.63. The van der Waals surface area contributed by atoms with E-state index in [4.69, 9.17) is 22.1 Å². The molecule has 0 aliphatic carbocycles. The molecule has 29 heavy (non-hydrogen) atoms. The van der Waals surface area contributed by atoms with Gasteiger partial charge in [0, 0.05) is 0 Å². The predicted molar refractivity (Wildman–Crippen MR) is 119 cm³/mol. The number of halogens is 1. The maximum absolute atomic E-state index is 12.2. The molecule has 7 nitrogen and oxygen atoms in total. The minimum atomic E-state index is -0.918. The zero-order valence-electron chi connectivity index (χ0n) is 16.2. The SMILES string of the molecule is CNC(=O)c1ccccc1N(C)c1nc([AsH]c2cc(N)ccc2OC)ncc1Cl. The topological polar surface area (TPSA) is 93.4 Å². The molecule has 1 amide bonds. The van der Waals surface area contributed by atoms with Gasteiger partial charge in [-0.25, -0.2) is 0 Å². The third-order valence-electron chi connectivity index (χ3n) is 4.25. The molecule has 0 saturated carbocycles. The number of nitrogen functional groups attached to an aromatic ring is 1. The number of nitrogens with two attached hydrogens (primary N) is 1. The molecule has 1 atom stereocenters. The van der Waals surface area contributed by atoms with Crippen LogP contribution in [0.4, 0.5) is 17.2 Å². The van der Waals surface area contributed by atoms with E-state index in [-0.39, 0.29) is 5.91 Å². The average Bonchev–Trinajstić information content (AvgIpc) is 2.74. The van der Waals surface area contributed by atoms with Gasteiger partial charge in [0.15, 0.2) is 0 Å². The number of amides is 1. The Labute approximate surface area is 180 Å². The van der Waals surface area contributed by atoms with Gasteiger partial charge in [-0.3, -0.25) is 0 Å². The van der Waals surface area contributed by atoms with Gasteiger partial charge < -0.3 is 0 Å². The van der Waals surface area contributed by atoms with Gasteiger partial charge in [0.25, 0.3) is 0 Å². The summed E-state index contributed by atoms with van der Waals surface area (Å²) in [6.07, 6.45) is 1.58. The van der Waals surface area contributed by atoms with Crippen LogP contribution in [-0.2, 0) is 0 Å². The van der Waals surface area contributed by atoms with Crippen LogP contribution in [0.2, 0.25) is 5.02 Å². The van der Waals surface area contributed by atoms with Crippen LogP contribution in [0.5, 0.6) is 5.75 Å². The molecule has 150 valence electrons. The minimum absolute atomic E-state index is 0.184. The number of carbonyl (C=O) groups excluding carboxylic acids is 1. The molecule has 9 heteroatoms. The van der Waals surface area contributed by atoms with Crippen LogP contribution in [-0.4, -0.2) is 52.8 Å². The summed E-state index contributed by atoms with van der Waals surface area (Å²) in [5.74, 6) is 1.10. The predicted octanol–water partition coefficient (Wildman–Crippen LogP) is 1.24. The Morgan fingerprint density at radius 3 is 2.76 bits per heavy atom. The van der Waals surface area contributed by atoms with Crippen molar-refractivity contribution in [3.63, 3.8) is 0 Å². The van der Waals surface area contributed by atoms with Crippen molar-refractivity contribution >= 4 is 59.4 Å². The Kier molecular flexibility index (Phi) is 6.62. The second-order valence-electron chi connectivity index (χ2n) is 6.11. The maximum atomic E-state index is 12.2. The quantitative estimate of drug-likeness (QED) is 0.413. The van der Waals surface area contributed by atoms with Crippen LogP contribution in [0.25, 0.3) is 0 Å². The second kappa shape index (κ2) is 9.16. The molecule has 0 radical (unpaired) electrons. The van der Waals surface area contributed by atoms with Gasteiger partial charge in [-0.2, -0.15) is 0 Å². The summed E-state index contributed by atoms with van der Waals surface area (Å²) in [6, 6.07) is 12.8. The third-order valence-corrected chi connectivity index (χ3v) is 6.88. The molecular weight excluding hydrogens is 453 g/mol. The number of para-hydroxylation sites is 1. The standard InChI is InChI=1S/C20H21AsClN5O2/c1-24-19(28)13-6-4-5-7-16(13)27(2)18-15(22)11-25-20(26-18)21-14-10-12(23)8-9-17(14)29-3/h4-11,21H,23H2,1-3H3,(H,24,28). The Morgan fingerprint density at radius 1 is 1.28 bits per heavy atom. The van der Waals surface area contributed by atoms with Gasteiger partial charge >= 0.3 is 181 Å². The van der Waals surface area contributed by atoms with Gasteiger partial charge in [0.2, 0.25) is 0 Å². The van der Waals surface area contributed by atoms with Gasteiger partial charge in [-0.05, 0) is 0 Å². The monoisotopic (exact) mass is 473 g/mol. The van der Waals surface area contributed by atoms with Crippen LogP contribution in [0.15, 0.2) is 48.7 Å². The van der Waals surface area contributed by atoms with Gasteiger partial charge in [0.05, 0.1) is 0 Å². The molecule has 0 spiro atoms. The van der Waals surface area contributed by atoms with E-state index < -0.39 is 15.8 Å². The number of carbonyl (C=O) groups is 1. The van der Waals surface area contributed by atoms with E-state index in [1.165, 1.54) is 0 Å². The van der Waals surface area contributed by atoms with Crippen molar-refractivity contribution in [3.8, 4) is 5.75 Å². The summed E-state index contributed by atoms with van der Waals surface area (Å²) in [7, 11) is 5.04. The molecule has 3 N–H and O–H groups in total. The van der Waals surface area contributed by atoms with E-state index in [9.17, 15) is 4.79 Å².